The normalized spacial score (nSPS) is 16.4. The summed E-state index contributed by atoms with van der Waals surface area (Å²) in [7, 11) is -3.65. The van der Waals surface area contributed by atoms with Gasteiger partial charge < -0.3 is 9.64 Å². The Morgan fingerprint density at radius 2 is 2.08 bits per heavy atom. The lowest BCUT2D eigenvalue weighted by Crippen LogP contribution is -2.46. The number of rotatable bonds is 5. The SMILES string of the molecule is CC(C)COC(=O)N1CCC(NS(=O)(=O)c2ccc(Br)cn2)CC1. The highest BCUT2D eigenvalue weighted by Crippen LogP contribution is 2.16. The fourth-order valence-electron chi connectivity index (χ4n) is 2.31. The molecule has 1 saturated heterocycles. The van der Waals surface area contributed by atoms with Gasteiger partial charge in [-0.15, -0.1) is 0 Å². The molecule has 1 aliphatic rings. The van der Waals surface area contributed by atoms with Crippen LogP contribution in [0.15, 0.2) is 27.8 Å². The maximum absolute atomic E-state index is 12.3. The van der Waals surface area contributed by atoms with E-state index in [4.69, 9.17) is 4.74 Å². The second-order valence-corrected chi connectivity index (χ2v) is 8.74. The van der Waals surface area contributed by atoms with Gasteiger partial charge >= 0.3 is 6.09 Å². The standard InChI is InChI=1S/C15H22BrN3O4S/c1-11(2)10-23-15(20)19-7-5-13(6-8-19)18-24(21,22)14-4-3-12(16)9-17-14/h3-4,9,11,13,18H,5-8,10H2,1-2H3. The van der Waals surface area contributed by atoms with Crippen molar-refractivity contribution < 1.29 is 17.9 Å². The topological polar surface area (TPSA) is 88.6 Å². The molecule has 0 aromatic carbocycles. The predicted molar refractivity (Wildman–Crippen MR) is 93.0 cm³/mol. The Bertz CT molecular complexity index is 656. The van der Waals surface area contributed by atoms with Gasteiger partial charge in [-0.3, -0.25) is 0 Å². The Hall–Kier alpha value is -1.19. The lowest BCUT2D eigenvalue weighted by atomic mass is 10.1. The molecule has 0 bridgehead atoms. The zero-order chi connectivity index (χ0) is 17.7. The molecule has 2 rings (SSSR count). The van der Waals surface area contributed by atoms with Gasteiger partial charge in [-0.2, -0.15) is 0 Å². The van der Waals surface area contributed by atoms with Gasteiger partial charge in [0.2, 0.25) is 0 Å². The van der Waals surface area contributed by atoms with Crippen LogP contribution in [0.25, 0.3) is 0 Å². The van der Waals surface area contributed by atoms with Gasteiger partial charge in [0.15, 0.2) is 5.03 Å². The molecule has 0 atom stereocenters. The summed E-state index contributed by atoms with van der Waals surface area (Å²) in [5.41, 5.74) is 0. The van der Waals surface area contributed by atoms with E-state index in [0.29, 0.717) is 32.5 Å². The van der Waals surface area contributed by atoms with Crippen LogP contribution in [0.2, 0.25) is 0 Å². The van der Waals surface area contributed by atoms with E-state index < -0.39 is 10.0 Å². The van der Waals surface area contributed by atoms with Gasteiger partial charge in [0.05, 0.1) is 6.61 Å². The van der Waals surface area contributed by atoms with Crippen LogP contribution in [0, 0.1) is 5.92 Å². The van der Waals surface area contributed by atoms with E-state index in [2.05, 4.69) is 25.6 Å². The second kappa shape index (κ2) is 8.26. The first-order valence-corrected chi connectivity index (χ1v) is 10.1. The predicted octanol–water partition coefficient (Wildman–Crippen LogP) is 2.38. The molecule has 0 radical (unpaired) electrons. The lowest BCUT2D eigenvalue weighted by molar-refractivity contribution is 0.0830. The number of piperidine rings is 1. The van der Waals surface area contributed by atoms with Crippen LogP contribution < -0.4 is 4.72 Å². The first kappa shape index (κ1) is 19.1. The van der Waals surface area contributed by atoms with Crippen molar-refractivity contribution in [3.8, 4) is 0 Å². The molecule has 134 valence electrons. The quantitative estimate of drug-likeness (QED) is 0.790. The summed E-state index contributed by atoms with van der Waals surface area (Å²) in [5, 5.41) is -0.00975. The molecule has 1 aromatic rings. The van der Waals surface area contributed by atoms with E-state index in [1.165, 1.54) is 12.3 Å². The Labute approximate surface area is 151 Å². The number of nitrogens with one attached hydrogen (secondary N) is 1. The van der Waals surface area contributed by atoms with Crippen molar-refractivity contribution in [3.05, 3.63) is 22.8 Å². The largest absolute Gasteiger partial charge is 0.449 e. The molecular formula is C15H22BrN3O4S. The van der Waals surface area contributed by atoms with Crippen LogP contribution in [0.3, 0.4) is 0 Å². The molecule has 2 heterocycles. The van der Waals surface area contributed by atoms with E-state index in [-0.39, 0.29) is 23.1 Å². The Morgan fingerprint density at radius 3 is 2.62 bits per heavy atom. The molecule has 1 aromatic heterocycles. The van der Waals surface area contributed by atoms with Crippen molar-refractivity contribution >= 4 is 32.0 Å². The number of carbonyl (C=O) groups is 1. The van der Waals surface area contributed by atoms with E-state index in [9.17, 15) is 13.2 Å². The van der Waals surface area contributed by atoms with Crippen molar-refractivity contribution in [2.45, 2.75) is 37.8 Å². The summed E-state index contributed by atoms with van der Waals surface area (Å²) in [6, 6.07) is 2.87. The molecule has 0 unspecified atom stereocenters. The van der Waals surface area contributed by atoms with Gasteiger partial charge in [-0.25, -0.2) is 22.9 Å². The molecule has 1 fully saturated rings. The number of amides is 1. The van der Waals surface area contributed by atoms with E-state index in [1.54, 1.807) is 11.0 Å². The van der Waals surface area contributed by atoms with Crippen LogP contribution in [-0.2, 0) is 14.8 Å². The van der Waals surface area contributed by atoms with Gasteiger partial charge in [0, 0.05) is 29.8 Å². The third-order valence-corrected chi connectivity index (χ3v) is 5.50. The van der Waals surface area contributed by atoms with Crippen LogP contribution >= 0.6 is 15.9 Å². The number of sulfonamides is 1. The van der Waals surface area contributed by atoms with Gasteiger partial charge in [0.25, 0.3) is 10.0 Å². The van der Waals surface area contributed by atoms with Crippen molar-refractivity contribution in [1.82, 2.24) is 14.6 Å². The lowest BCUT2D eigenvalue weighted by Gasteiger charge is -2.31. The van der Waals surface area contributed by atoms with E-state index in [0.717, 1.165) is 4.47 Å². The molecule has 9 heteroatoms. The van der Waals surface area contributed by atoms with Gasteiger partial charge in [0.1, 0.15) is 0 Å². The summed E-state index contributed by atoms with van der Waals surface area (Å²) in [4.78, 5) is 17.4. The smallest absolute Gasteiger partial charge is 0.409 e. The van der Waals surface area contributed by atoms with Crippen molar-refractivity contribution in [2.75, 3.05) is 19.7 Å². The summed E-state index contributed by atoms with van der Waals surface area (Å²) in [6.45, 7) is 5.28. The molecule has 1 aliphatic heterocycles. The van der Waals surface area contributed by atoms with Crippen LogP contribution in [-0.4, -0.2) is 50.1 Å². The van der Waals surface area contributed by atoms with E-state index >= 15 is 0 Å². The zero-order valence-corrected chi connectivity index (χ0v) is 16.1. The summed E-state index contributed by atoms with van der Waals surface area (Å²) >= 11 is 3.23. The van der Waals surface area contributed by atoms with Crippen molar-refractivity contribution in [3.63, 3.8) is 0 Å². The van der Waals surface area contributed by atoms with Crippen molar-refractivity contribution in [1.29, 1.82) is 0 Å². The fourth-order valence-corrected chi connectivity index (χ4v) is 3.78. The number of hydrogen-bond acceptors (Lipinski definition) is 5. The second-order valence-electron chi connectivity index (χ2n) is 6.17. The number of carbonyl (C=O) groups excluding carboxylic acids is 1. The Kier molecular flexibility index (Phi) is 6.59. The molecule has 1 N–H and O–H groups in total. The highest BCUT2D eigenvalue weighted by molar-refractivity contribution is 9.10. The Morgan fingerprint density at radius 1 is 1.42 bits per heavy atom. The number of halogens is 1. The number of ether oxygens (including phenoxy) is 1. The molecular weight excluding hydrogens is 398 g/mol. The average Bonchev–Trinajstić information content (AvgIpc) is 2.53. The van der Waals surface area contributed by atoms with E-state index in [1.807, 2.05) is 13.8 Å². The highest BCUT2D eigenvalue weighted by Gasteiger charge is 2.27. The molecule has 0 spiro atoms. The van der Waals surface area contributed by atoms with Crippen LogP contribution in [0.5, 0.6) is 0 Å². The maximum atomic E-state index is 12.3. The molecule has 1 amide bonds. The summed E-state index contributed by atoms with van der Waals surface area (Å²) in [5.74, 6) is 0.289. The maximum Gasteiger partial charge on any atom is 0.409 e. The minimum absolute atomic E-state index is 0.00975. The highest BCUT2D eigenvalue weighted by atomic mass is 79.9. The minimum atomic E-state index is -3.65. The number of pyridine rings is 1. The molecule has 24 heavy (non-hydrogen) atoms. The molecule has 0 saturated carbocycles. The van der Waals surface area contributed by atoms with Crippen molar-refractivity contribution in [2.24, 2.45) is 5.92 Å². The summed E-state index contributed by atoms with van der Waals surface area (Å²) in [6.07, 6.45) is 2.21. The van der Waals surface area contributed by atoms with Crippen LogP contribution in [0.1, 0.15) is 26.7 Å². The average molecular weight is 420 g/mol. The first-order valence-electron chi connectivity index (χ1n) is 7.83. The number of aromatic nitrogens is 1. The third-order valence-electron chi connectivity index (χ3n) is 3.59. The molecule has 0 aliphatic carbocycles. The summed E-state index contributed by atoms with van der Waals surface area (Å²) < 4.78 is 33.2. The third kappa shape index (κ3) is 5.42. The number of nitrogens with zero attached hydrogens (tertiary/aromatic N) is 2. The monoisotopic (exact) mass is 419 g/mol. The number of likely N-dealkylation sites (tertiary alicyclic amines) is 1. The number of hydrogen-bond donors (Lipinski definition) is 1. The fraction of sp³-hybridized carbons (Fsp3) is 0.600. The zero-order valence-electron chi connectivity index (χ0n) is 13.7. The first-order chi connectivity index (χ1) is 11.3. The Balaban J connectivity index is 1.86. The van der Waals surface area contributed by atoms with Crippen LogP contribution in [0.4, 0.5) is 4.79 Å². The van der Waals surface area contributed by atoms with Gasteiger partial charge in [-0.1, -0.05) is 13.8 Å². The van der Waals surface area contributed by atoms with Gasteiger partial charge in [-0.05, 0) is 46.8 Å². The minimum Gasteiger partial charge on any atom is -0.449 e. The molecule has 7 nitrogen and oxygen atoms in total.